The van der Waals surface area contributed by atoms with Crippen molar-refractivity contribution in [1.29, 1.82) is 0 Å². The highest BCUT2D eigenvalue weighted by Crippen LogP contribution is 2.50. The number of rotatable bonds is 28. The number of aryl methyl sites for hydroxylation is 4. The maximum atomic E-state index is 13.1. The Hall–Kier alpha value is -7.16. The molecule has 8 heterocycles. The van der Waals surface area contributed by atoms with Crippen molar-refractivity contribution in [2.45, 2.75) is 260 Å². The van der Waals surface area contributed by atoms with Crippen LogP contribution in [0.5, 0.6) is 46.0 Å². The van der Waals surface area contributed by atoms with Crippen LogP contribution in [0.15, 0.2) is 48.5 Å². The van der Waals surface area contributed by atoms with Gasteiger partial charge in [-0.25, -0.2) is 0 Å². The SMILES string of the molecule is [2H]C([2H])([2H])Oc1cc2c(cc1OC)C1CC(OC(=O)[C@@H](N)C(C)C)C(C([2H])([2H])C([2H])(C)C([2H])([2H])[2H])CN1C([2H])([2H])C2([2H])[2H].[2H]C([2H])([2H])Oc1cc2c(cc1OC)C1CC([2H])(OC(=O)[C@@H](N)C(C)C)C(C([2H])([2H])C([2H])(C)C([2H])([2H])[2H])CN1C([2H])([2H])C2([2H])[2H].[2H]C1(OC(=O)[C@@H](N)C(C)C)CC2c3cc(OC)c(OC)cc3C([2H])([2H])C([2H])([2H])N2CC1C([2H])([2H])C([2H])(C)C([2H])([2H])[2H].[2H]C1(OC(=O)[C@@H](N)C(C)C)CC2c3cc(OC)c(OC)cc3C([2H])([2H])C([2H])([2H])N2CC1C([2H])([2H])C([2H])(C)C([2H])([2H])[2H]. The van der Waals surface area contributed by atoms with Gasteiger partial charge < -0.3 is 79.8 Å². The Morgan fingerprint density at radius 3 is 0.833 bits per heavy atom. The monoisotopic (exact) mass is 1720 g/mol. The molecule has 0 amide bonds. The van der Waals surface area contributed by atoms with Crippen molar-refractivity contribution in [3.63, 3.8) is 0 Å². The van der Waals surface area contributed by atoms with Crippen molar-refractivity contribution in [2.24, 2.45) is 93.9 Å². The average Bonchev–Trinajstić information content (AvgIpc) is 0.693. The number of nitrogens with two attached hydrogens (primary N) is 4. The van der Waals surface area contributed by atoms with Gasteiger partial charge in [0.25, 0.3) is 0 Å². The van der Waals surface area contributed by atoms with Crippen LogP contribution in [-0.2, 0) is 63.6 Å². The van der Waals surface area contributed by atoms with E-state index in [-0.39, 0.29) is 97.1 Å². The Morgan fingerprint density at radius 2 is 0.592 bits per heavy atom. The van der Waals surface area contributed by atoms with E-state index in [0.29, 0.717) is 0 Å². The van der Waals surface area contributed by atoms with Crippen molar-refractivity contribution in [3.05, 3.63) is 93.0 Å². The molecule has 4 saturated heterocycles. The Labute approximate surface area is 787 Å². The molecule has 4 fully saturated rings. The fourth-order valence-corrected chi connectivity index (χ4v) is 14.6. The number of nitrogens with zero attached hydrogens (tertiary/aromatic N) is 4. The van der Waals surface area contributed by atoms with Gasteiger partial charge in [-0.05, 0) is 191 Å². The molecule has 24 nitrogen and oxygen atoms in total. The highest BCUT2D eigenvalue weighted by atomic mass is 16.6. The third-order valence-corrected chi connectivity index (χ3v) is 21.6. The molecule has 120 heavy (non-hydrogen) atoms. The third kappa shape index (κ3) is 23.8. The van der Waals surface area contributed by atoms with Gasteiger partial charge in [0.1, 0.15) is 48.5 Å². The smallest absolute Gasteiger partial charge is 0.323 e. The minimum absolute atomic E-state index is 0.0177. The van der Waals surface area contributed by atoms with Crippen LogP contribution >= 0.6 is 0 Å². The minimum atomic E-state index is -3.23. The minimum Gasteiger partial charge on any atom is -0.493 e. The number of methoxy groups -OCH3 is 8. The van der Waals surface area contributed by atoms with Crippen LogP contribution in [-0.4, -0.2) is 201 Å². The summed E-state index contributed by atoms with van der Waals surface area (Å²) < 4.78 is 478. The van der Waals surface area contributed by atoms with Gasteiger partial charge in [0.15, 0.2) is 46.0 Å². The number of piperidine rings is 4. The van der Waals surface area contributed by atoms with Gasteiger partial charge in [0.2, 0.25) is 0 Å². The zero-order chi connectivity index (χ0) is 131. The van der Waals surface area contributed by atoms with Gasteiger partial charge in [-0.1, -0.05) is 110 Å². The normalized spacial score (nSPS) is 39.2. The topological polar surface area (TPSA) is 296 Å². The number of carbonyl (C=O) groups excluding carboxylic acids is 4. The molecule has 0 saturated carbocycles. The molecule has 4 aromatic carbocycles. The number of benzene rings is 4. The lowest BCUT2D eigenvalue weighted by Crippen LogP contribution is -2.51. The molecule has 4 aromatic rings. The predicted octanol–water partition coefficient (Wildman–Crippen LogP) is 14.3. The van der Waals surface area contributed by atoms with Gasteiger partial charge in [0, 0.05) is 181 Å². The Bertz CT molecular complexity index is 6130. The molecular weight excluding hydrogens is 1520 g/mol. The Balaban J connectivity index is 0.000000247. The summed E-state index contributed by atoms with van der Waals surface area (Å²) in [4.78, 5) is 56.2. The van der Waals surface area contributed by atoms with Gasteiger partial charge in [-0.2, -0.15) is 0 Å². The second-order valence-corrected chi connectivity index (χ2v) is 31.5. The van der Waals surface area contributed by atoms with E-state index in [1.165, 1.54) is 79.1 Å². The summed E-state index contributed by atoms with van der Waals surface area (Å²) in [5.74, 6) is -24.8. The first-order valence-corrected chi connectivity index (χ1v) is 39.5. The van der Waals surface area contributed by atoms with Crippen molar-refractivity contribution in [2.75, 3.05) is 109 Å². The van der Waals surface area contributed by atoms with E-state index >= 15 is 0 Å². The summed E-state index contributed by atoms with van der Waals surface area (Å²) in [5, 5.41) is 0. The molecule has 8 N–H and O–H groups in total. The van der Waals surface area contributed by atoms with E-state index in [0.717, 1.165) is 59.4 Å². The van der Waals surface area contributed by atoms with Crippen molar-refractivity contribution >= 4 is 23.9 Å². The van der Waals surface area contributed by atoms with Gasteiger partial charge >= 0.3 is 23.9 Å². The summed E-state index contributed by atoms with van der Waals surface area (Å²) in [6.45, 7) is -10.7. The molecule has 8 aliphatic rings. The molecule has 16 unspecified atom stereocenters. The third-order valence-electron chi connectivity index (χ3n) is 21.6. The highest BCUT2D eigenvalue weighted by Gasteiger charge is 2.47. The Kier molecular flexibility index (Phi) is 17.9. The molecule has 0 aliphatic carbocycles. The number of esters is 4. The summed E-state index contributed by atoms with van der Waals surface area (Å²) in [6.07, 6.45) is -34.5. The lowest BCUT2D eigenvalue weighted by atomic mass is 9.79. The van der Waals surface area contributed by atoms with E-state index < -0.39 is 331 Å². The Morgan fingerprint density at radius 1 is 0.367 bits per heavy atom. The zero-order valence-corrected chi connectivity index (χ0v) is 71.2. The average molecular weight is 1720 g/mol. The zero-order valence-electron chi connectivity index (χ0n) is 120. The second-order valence-electron chi connectivity index (χ2n) is 31.5. The van der Waals surface area contributed by atoms with Gasteiger partial charge in [-0.15, -0.1) is 0 Å². The van der Waals surface area contributed by atoms with Gasteiger partial charge in [0.05, 0.1) is 69.1 Å². The van der Waals surface area contributed by atoms with Crippen molar-refractivity contribution < 1.29 is 143 Å². The van der Waals surface area contributed by atoms with Crippen molar-refractivity contribution in [1.82, 2.24) is 19.6 Å². The van der Waals surface area contributed by atoms with E-state index in [9.17, 15) is 23.3 Å². The first-order valence-electron chi connectivity index (χ1n) is 64.0. The van der Waals surface area contributed by atoms with Crippen LogP contribution in [0.25, 0.3) is 0 Å². The molecule has 0 bridgehead atoms. The molecule has 0 aromatic heterocycles. The lowest BCUT2D eigenvalue weighted by Gasteiger charge is -2.47. The predicted molar refractivity (Wildman–Crippen MR) is 471 cm³/mol. The maximum Gasteiger partial charge on any atom is 0.323 e. The molecule has 20 atom stereocenters. The largest absolute Gasteiger partial charge is 0.493 e. The number of ether oxygens (including phenoxy) is 12. The molecule has 0 spiro atoms. The number of hydrogen-bond donors (Lipinski definition) is 4. The van der Waals surface area contributed by atoms with E-state index in [2.05, 4.69) is 0 Å². The van der Waals surface area contributed by atoms with Crippen LogP contribution in [0.1, 0.15) is 298 Å². The van der Waals surface area contributed by atoms with E-state index in [4.69, 9.17) is 143 Å². The summed E-state index contributed by atoms with van der Waals surface area (Å²) in [5.41, 5.74) is 23.7. The van der Waals surface area contributed by atoms with Crippen LogP contribution in [0, 0.1) is 70.9 Å². The van der Waals surface area contributed by atoms with Gasteiger partial charge in [-0.3, -0.25) is 38.8 Å². The summed E-state index contributed by atoms with van der Waals surface area (Å²) in [7, 11) is 1.92. The van der Waals surface area contributed by atoms with Crippen LogP contribution in [0.2, 0.25) is 0 Å². The lowest BCUT2D eigenvalue weighted by molar-refractivity contribution is -0.161. The quantitative estimate of drug-likeness (QED) is 0.0303. The summed E-state index contributed by atoms with van der Waals surface area (Å²) in [6, 6.07) is 0.613. The second kappa shape index (κ2) is 43.9. The fourth-order valence-electron chi connectivity index (χ4n) is 14.6. The fraction of sp³-hybridized carbons (Fsp3) is 0.708. The molecule has 672 valence electrons. The molecule has 24 heteroatoms. The maximum absolute atomic E-state index is 13.1. The summed E-state index contributed by atoms with van der Waals surface area (Å²) >= 11 is 0. The van der Waals surface area contributed by atoms with Crippen LogP contribution in [0.3, 0.4) is 0 Å². The van der Waals surface area contributed by atoms with Crippen molar-refractivity contribution in [3.8, 4) is 46.0 Å². The number of hydrogen-bond acceptors (Lipinski definition) is 24. The standard InChI is InChI=1S/4C24H38N2O4/c4*1-14(2)9-17-13-26-8-7-16-10-21(28-5)22(29-6)11-18(16)19(26)12-20(17)30-24(27)23(25)15(3)4/h4*10-11,14-15,17,19-20,23H,7-9,12-13,25H2,1-6H3/t4*17?,19?,20?,23-/m0000/s1/i1D3,5D3,7D2,8D2,9D2,14D,20D;2*1D3,7D2,8D2,9D2,14D,20D;1D3,5D3,7D2,8D2,9D2,14D/t4*14?,17?,19?,20?,23-. The molecule has 12 rings (SSSR count). The van der Waals surface area contributed by atoms with Crippen LogP contribution in [0.4, 0.5) is 0 Å². The first-order chi connectivity index (χ1) is 75.6. The van der Waals surface area contributed by atoms with Crippen LogP contribution < -0.4 is 60.8 Å². The molecular formula is C96H152N8O16. The number of carbonyl (C=O) groups is 4. The molecule has 8 aliphatic heterocycles. The number of fused-ring (bicyclic) bond motifs is 12. The highest BCUT2D eigenvalue weighted by molar-refractivity contribution is 5.77. The first kappa shape index (κ1) is 48.9. The van der Waals surface area contributed by atoms with E-state index in [1.807, 2.05) is 0 Å². The van der Waals surface area contributed by atoms with E-state index in [1.54, 1.807) is 55.4 Å². The molecule has 0 radical (unpaired) electrons.